The van der Waals surface area contributed by atoms with Crippen LogP contribution in [0.5, 0.6) is 0 Å². The summed E-state index contributed by atoms with van der Waals surface area (Å²) in [7, 11) is -9.02. The van der Waals surface area contributed by atoms with Crippen LogP contribution in [0, 0.1) is 0 Å². The van der Waals surface area contributed by atoms with Gasteiger partial charge in [-0.15, -0.1) is 5.10 Å². The minimum Gasteiger partial charge on any atom is -0.395 e. The van der Waals surface area contributed by atoms with Crippen molar-refractivity contribution >= 4 is 46.7 Å². The van der Waals surface area contributed by atoms with Gasteiger partial charge in [-0.2, -0.15) is 0 Å². The molecule has 0 saturated carbocycles. The maximum absolute atomic E-state index is 13.4. The number of rotatable bonds is 7. The monoisotopic (exact) mass is 551 g/mol. The van der Waals surface area contributed by atoms with Gasteiger partial charge in [-0.25, -0.2) is 36.8 Å². The Morgan fingerprint density at radius 3 is 2.64 bits per heavy atom. The molecule has 1 saturated heterocycles. The Morgan fingerprint density at radius 2 is 1.97 bits per heavy atom. The number of nitrogens with two attached hydrogens (primary N) is 2. The topological polar surface area (TPSA) is 232 Å². The van der Waals surface area contributed by atoms with Crippen molar-refractivity contribution in [3.8, 4) is 22.5 Å². The number of nitrogens with zero attached hydrogens (tertiary/aromatic N) is 4. The van der Waals surface area contributed by atoms with Crippen molar-refractivity contribution in [1.29, 1.82) is 0 Å². The molecular weight excluding hydrogens is 530 g/mol. The van der Waals surface area contributed by atoms with Crippen LogP contribution in [0.15, 0.2) is 40.1 Å². The van der Waals surface area contributed by atoms with Gasteiger partial charge >= 0.3 is 0 Å². The number of aliphatic hydroxyl groups is 1. The first-order valence-corrected chi connectivity index (χ1v) is 14.4. The van der Waals surface area contributed by atoms with E-state index in [0.717, 1.165) is 4.70 Å². The van der Waals surface area contributed by atoms with E-state index in [-0.39, 0.29) is 36.1 Å². The maximum Gasteiger partial charge on any atom is 0.242 e. The van der Waals surface area contributed by atoms with Crippen molar-refractivity contribution in [3.63, 3.8) is 0 Å². The van der Waals surface area contributed by atoms with E-state index in [1.807, 2.05) is 0 Å². The van der Waals surface area contributed by atoms with E-state index in [9.17, 15) is 21.9 Å². The number of nitrogen functional groups attached to an aromatic ring is 1. The second-order valence-corrected chi connectivity index (χ2v) is 12.4. The number of aliphatic hydroxyl groups excluding tert-OH is 1. The van der Waals surface area contributed by atoms with Crippen LogP contribution in [0.1, 0.15) is 6.42 Å². The molecule has 1 aliphatic rings. The fourth-order valence-corrected chi connectivity index (χ4v) is 7.91. The molecular formula is C19H21N9O5S3. The lowest BCUT2D eigenvalue weighted by atomic mass is 9.98. The molecule has 5 rings (SSSR count). The average molecular weight is 552 g/mol. The molecule has 36 heavy (non-hydrogen) atoms. The van der Waals surface area contributed by atoms with Crippen molar-refractivity contribution < 1.29 is 21.9 Å². The predicted octanol–water partition coefficient (Wildman–Crippen LogP) is -0.626. The summed E-state index contributed by atoms with van der Waals surface area (Å²) in [5.74, 6) is -0.103. The Bertz CT molecular complexity index is 1650. The highest BCUT2D eigenvalue weighted by molar-refractivity contribution is 7.92. The van der Waals surface area contributed by atoms with E-state index in [1.54, 1.807) is 18.2 Å². The summed E-state index contributed by atoms with van der Waals surface area (Å²) in [6.07, 6.45) is 0.324. The number of thiazole rings is 1. The lowest BCUT2D eigenvalue weighted by Gasteiger charge is -2.18. The van der Waals surface area contributed by atoms with Gasteiger partial charge in [0.1, 0.15) is 9.79 Å². The highest BCUT2D eigenvalue weighted by atomic mass is 32.2. The number of nitrogens with one attached hydrogen (secondary N) is 3. The van der Waals surface area contributed by atoms with Gasteiger partial charge in [-0.1, -0.05) is 29.5 Å². The zero-order valence-corrected chi connectivity index (χ0v) is 20.9. The molecule has 1 fully saturated rings. The number of benzene rings is 2. The zero-order chi connectivity index (χ0) is 25.7. The maximum atomic E-state index is 13.4. The lowest BCUT2D eigenvalue weighted by Crippen LogP contribution is -2.37. The van der Waals surface area contributed by atoms with Gasteiger partial charge in [-0.3, -0.25) is 0 Å². The Labute approximate surface area is 209 Å². The van der Waals surface area contributed by atoms with Crippen LogP contribution in [0.3, 0.4) is 0 Å². The van der Waals surface area contributed by atoms with Crippen LogP contribution in [0.4, 0.5) is 5.13 Å². The van der Waals surface area contributed by atoms with Crippen LogP contribution in [0.25, 0.3) is 32.7 Å². The molecule has 0 amide bonds. The molecule has 1 aliphatic heterocycles. The largest absolute Gasteiger partial charge is 0.395 e. The number of para-hydroxylation sites is 1. The Kier molecular flexibility index (Phi) is 6.23. The van der Waals surface area contributed by atoms with Crippen molar-refractivity contribution in [1.82, 2.24) is 35.6 Å². The fourth-order valence-electron chi connectivity index (χ4n) is 4.30. The molecule has 0 aliphatic carbocycles. The van der Waals surface area contributed by atoms with Gasteiger partial charge in [0.05, 0.1) is 22.4 Å². The first-order chi connectivity index (χ1) is 17.1. The van der Waals surface area contributed by atoms with E-state index in [1.165, 1.54) is 23.5 Å². The van der Waals surface area contributed by atoms with E-state index in [2.05, 4.69) is 35.6 Å². The summed E-state index contributed by atoms with van der Waals surface area (Å²) in [5, 5.41) is 31.6. The molecule has 4 aromatic rings. The van der Waals surface area contributed by atoms with Crippen LogP contribution in [-0.2, 0) is 20.0 Å². The van der Waals surface area contributed by atoms with E-state index in [4.69, 9.17) is 10.9 Å². The van der Waals surface area contributed by atoms with Gasteiger partial charge in [0.15, 0.2) is 11.0 Å². The van der Waals surface area contributed by atoms with E-state index < -0.39 is 35.9 Å². The highest BCUT2D eigenvalue weighted by Crippen LogP contribution is 2.41. The fraction of sp³-hybridized carbons (Fsp3) is 0.263. The molecule has 2 atom stereocenters. The minimum absolute atomic E-state index is 0.103. The number of hydrogen-bond donors (Lipinski definition) is 6. The number of fused-ring (bicyclic) bond motifs is 1. The molecule has 14 nitrogen and oxygen atoms in total. The number of H-pyrrole nitrogens is 1. The van der Waals surface area contributed by atoms with Crippen molar-refractivity contribution in [3.05, 3.63) is 30.3 Å². The van der Waals surface area contributed by atoms with Gasteiger partial charge in [0, 0.05) is 24.2 Å². The van der Waals surface area contributed by atoms with Crippen molar-refractivity contribution in [2.24, 2.45) is 5.14 Å². The second-order valence-electron chi connectivity index (χ2n) is 8.16. The number of sulfonamides is 2. The normalized spacial score (nSPS) is 18.7. The van der Waals surface area contributed by atoms with Crippen LogP contribution < -0.4 is 20.9 Å². The quantitative estimate of drug-likeness (QED) is 0.169. The molecule has 190 valence electrons. The molecule has 2 aromatic carbocycles. The summed E-state index contributed by atoms with van der Waals surface area (Å²) in [5.41, 5.74) is 7.04. The van der Waals surface area contributed by atoms with Crippen molar-refractivity contribution in [2.45, 2.75) is 28.3 Å². The second kappa shape index (κ2) is 9.11. The highest BCUT2D eigenvalue weighted by Gasteiger charge is 2.35. The molecule has 17 heteroatoms. The Balaban J connectivity index is 1.76. The van der Waals surface area contributed by atoms with Crippen LogP contribution in [0.2, 0.25) is 0 Å². The number of tetrazole rings is 1. The van der Waals surface area contributed by atoms with E-state index >= 15 is 0 Å². The van der Waals surface area contributed by atoms with Gasteiger partial charge in [-0.05, 0) is 34.5 Å². The Hall–Kier alpha value is -3.06. The summed E-state index contributed by atoms with van der Waals surface area (Å²) >= 11 is 1.25. The first kappa shape index (κ1) is 24.6. The summed E-state index contributed by atoms with van der Waals surface area (Å²) in [6, 6.07) is 7.02. The number of anilines is 1. The number of hydrogen-bond acceptors (Lipinski definition) is 12. The summed E-state index contributed by atoms with van der Waals surface area (Å²) in [4.78, 5) is 3.13. The predicted molar refractivity (Wildman–Crippen MR) is 132 cm³/mol. The third-order valence-corrected chi connectivity index (χ3v) is 9.30. The van der Waals surface area contributed by atoms with Crippen molar-refractivity contribution in [2.75, 3.05) is 18.9 Å². The van der Waals surface area contributed by atoms with Gasteiger partial charge < -0.3 is 16.2 Å². The number of aromatic amines is 1. The standard InChI is InChI=1S/C19H21N9O5S3/c20-19-23-16-12(2-1-3-13(16)34-19)11-4-5-14(36(32,33)26-9-6-10(8-29)22-7-9)17(35(21,30)31)15(11)18-24-27-28-25-18/h1-5,9-10,22,26,29H,6-8H2,(H2,20,23)(H2,21,30,31)(H,24,25,27,28)/t9-,10-/m0/s1. The smallest absolute Gasteiger partial charge is 0.242 e. The molecule has 0 bridgehead atoms. The van der Waals surface area contributed by atoms with Crippen LogP contribution >= 0.6 is 11.3 Å². The van der Waals surface area contributed by atoms with Gasteiger partial charge in [0.2, 0.25) is 20.0 Å². The third-order valence-electron chi connectivity index (χ3n) is 5.77. The average Bonchev–Trinajstić information content (AvgIpc) is 3.57. The molecule has 3 heterocycles. The zero-order valence-electron chi connectivity index (χ0n) is 18.4. The number of aromatic nitrogens is 5. The lowest BCUT2D eigenvalue weighted by molar-refractivity contribution is 0.254. The van der Waals surface area contributed by atoms with Crippen LogP contribution in [-0.4, -0.2) is 72.8 Å². The molecule has 2 aromatic heterocycles. The summed E-state index contributed by atoms with van der Waals surface area (Å²) in [6.45, 7) is 0.101. The molecule has 0 unspecified atom stereocenters. The molecule has 8 N–H and O–H groups in total. The Morgan fingerprint density at radius 1 is 1.17 bits per heavy atom. The SMILES string of the molecule is Nc1nc2c(-c3ccc(S(=O)(=O)N[C@@H]4CN[C@H](CO)C4)c(S(N)(=O)=O)c3-c3nnn[nH]3)cccc2s1. The third kappa shape index (κ3) is 4.45. The summed E-state index contributed by atoms with van der Waals surface area (Å²) < 4.78 is 56.0. The van der Waals surface area contributed by atoms with E-state index in [0.29, 0.717) is 22.6 Å². The number of primary sulfonamides is 1. The first-order valence-electron chi connectivity index (χ1n) is 10.5. The molecule has 0 radical (unpaired) electrons. The minimum atomic E-state index is -4.63. The van der Waals surface area contributed by atoms with Gasteiger partial charge in [0.25, 0.3) is 0 Å². The molecule has 0 spiro atoms.